The fourth-order valence-corrected chi connectivity index (χ4v) is 0.701. The van der Waals surface area contributed by atoms with Crippen LogP contribution < -0.4 is 0 Å². The first-order chi connectivity index (χ1) is 4.24. The molecule has 9 heavy (non-hydrogen) atoms. The van der Waals surface area contributed by atoms with Gasteiger partial charge in [0.2, 0.25) is 0 Å². The van der Waals surface area contributed by atoms with Crippen molar-refractivity contribution in [3.8, 4) is 0 Å². The van der Waals surface area contributed by atoms with E-state index in [1.807, 2.05) is 0 Å². The first-order valence-electron chi connectivity index (χ1n) is 2.74. The van der Waals surface area contributed by atoms with Crippen LogP contribution in [0.2, 0.25) is 0 Å². The fourth-order valence-electron chi connectivity index (χ4n) is 0.701. The zero-order valence-electron chi connectivity index (χ0n) is 5.13. The summed E-state index contributed by atoms with van der Waals surface area (Å²) < 4.78 is 4.64. The number of rotatable bonds is 1. The molecule has 1 N–H and O–H groups in total. The van der Waals surface area contributed by atoms with Gasteiger partial charge in [0, 0.05) is 5.57 Å². The minimum absolute atomic E-state index is 0.122. The van der Waals surface area contributed by atoms with E-state index in [9.17, 15) is 4.79 Å². The Kier molecular flexibility index (Phi) is 1.53. The molecule has 0 aliphatic carbocycles. The molecule has 0 bridgehead atoms. The maximum atomic E-state index is 10.5. The molecule has 3 nitrogen and oxygen atoms in total. The van der Waals surface area contributed by atoms with Crippen molar-refractivity contribution in [1.29, 1.82) is 0 Å². The summed E-state index contributed by atoms with van der Waals surface area (Å²) in [6, 6.07) is 0. The lowest BCUT2D eigenvalue weighted by atomic mass is 10.3. The number of ether oxygens (including phenoxy) is 1. The molecule has 1 aliphatic heterocycles. The molecule has 0 saturated heterocycles. The molecule has 0 aromatic rings. The Morgan fingerprint density at radius 3 is 2.78 bits per heavy atom. The predicted molar refractivity (Wildman–Crippen MR) is 30.7 cm³/mol. The highest BCUT2D eigenvalue weighted by Gasteiger charge is 2.20. The molecular formula is C6H8O3. The van der Waals surface area contributed by atoms with Crippen molar-refractivity contribution >= 4 is 5.97 Å². The van der Waals surface area contributed by atoms with E-state index >= 15 is 0 Å². The first kappa shape index (κ1) is 6.29. The van der Waals surface area contributed by atoms with E-state index in [0.717, 1.165) is 0 Å². The Labute approximate surface area is 52.9 Å². The van der Waals surface area contributed by atoms with E-state index in [0.29, 0.717) is 5.57 Å². The van der Waals surface area contributed by atoms with Gasteiger partial charge in [0.05, 0.1) is 6.61 Å². The summed E-state index contributed by atoms with van der Waals surface area (Å²) in [6.07, 6.45) is 1.21. The third kappa shape index (κ3) is 1.10. The second-order valence-electron chi connectivity index (χ2n) is 1.98. The number of aliphatic hydroxyl groups excluding tert-OH is 1. The second kappa shape index (κ2) is 2.19. The monoisotopic (exact) mass is 128 g/mol. The number of cyclic esters (lactones) is 1. The van der Waals surface area contributed by atoms with Gasteiger partial charge >= 0.3 is 5.97 Å². The van der Waals surface area contributed by atoms with Crippen LogP contribution in [0.15, 0.2) is 11.6 Å². The van der Waals surface area contributed by atoms with Gasteiger partial charge in [0.1, 0.15) is 6.10 Å². The summed E-state index contributed by atoms with van der Waals surface area (Å²) in [7, 11) is 0. The largest absolute Gasteiger partial charge is 0.452 e. The number of carbonyl (C=O) groups excluding carboxylic acids is 1. The van der Waals surface area contributed by atoms with Crippen molar-refractivity contribution in [2.24, 2.45) is 0 Å². The second-order valence-corrected chi connectivity index (χ2v) is 1.98. The van der Waals surface area contributed by atoms with E-state index in [1.54, 1.807) is 13.0 Å². The lowest BCUT2D eigenvalue weighted by Gasteiger charge is -2.00. The van der Waals surface area contributed by atoms with Crippen LogP contribution in [-0.4, -0.2) is 23.8 Å². The van der Waals surface area contributed by atoms with Crippen LogP contribution >= 0.6 is 0 Å². The van der Waals surface area contributed by atoms with Crippen LogP contribution in [0.1, 0.15) is 6.92 Å². The molecule has 0 spiro atoms. The molecule has 0 unspecified atom stereocenters. The number of esters is 1. The lowest BCUT2D eigenvalue weighted by molar-refractivity contribution is -0.140. The van der Waals surface area contributed by atoms with Gasteiger partial charge in [0.15, 0.2) is 0 Å². The average Bonchev–Trinajstić information content (AvgIpc) is 2.13. The Morgan fingerprint density at radius 1 is 1.89 bits per heavy atom. The summed E-state index contributed by atoms with van der Waals surface area (Å²) >= 11 is 0. The van der Waals surface area contributed by atoms with Gasteiger partial charge in [-0.05, 0) is 13.0 Å². The SMILES string of the molecule is CC1=C[C@H](CO)OC1=O. The molecule has 3 heteroatoms. The minimum atomic E-state index is -0.405. The summed E-state index contributed by atoms with van der Waals surface area (Å²) in [6.45, 7) is 1.54. The average molecular weight is 128 g/mol. The number of aliphatic hydroxyl groups is 1. The quantitative estimate of drug-likeness (QED) is 0.499. The van der Waals surface area contributed by atoms with Crippen molar-refractivity contribution in [1.82, 2.24) is 0 Å². The molecule has 0 saturated carbocycles. The van der Waals surface area contributed by atoms with Crippen molar-refractivity contribution in [2.45, 2.75) is 13.0 Å². The Balaban J connectivity index is 2.62. The Morgan fingerprint density at radius 2 is 2.56 bits per heavy atom. The molecular weight excluding hydrogens is 120 g/mol. The number of hydrogen-bond acceptors (Lipinski definition) is 3. The van der Waals surface area contributed by atoms with Crippen LogP contribution in [0.5, 0.6) is 0 Å². The van der Waals surface area contributed by atoms with Gasteiger partial charge in [-0.1, -0.05) is 0 Å². The van der Waals surface area contributed by atoms with Crippen molar-refractivity contribution < 1.29 is 14.6 Å². The van der Waals surface area contributed by atoms with E-state index in [-0.39, 0.29) is 12.6 Å². The summed E-state index contributed by atoms with van der Waals surface area (Å²) in [5.74, 6) is -0.325. The summed E-state index contributed by atoms with van der Waals surface area (Å²) in [4.78, 5) is 10.5. The molecule has 0 aromatic carbocycles. The van der Waals surface area contributed by atoms with Gasteiger partial charge in [-0.25, -0.2) is 4.79 Å². The van der Waals surface area contributed by atoms with Gasteiger partial charge in [-0.3, -0.25) is 0 Å². The van der Waals surface area contributed by atoms with Gasteiger partial charge in [-0.15, -0.1) is 0 Å². The van der Waals surface area contributed by atoms with E-state index in [4.69, 9.17) is 5.11 Å². The molecule has 1 atom stereocenters. The zero-order valence-corrected chi connectivity index (χ0v) is 5.13. The summed E-state index contributed by atoms with van der Waals surface area (Å²) in [5, 5.41) is 8.48. The maximum Gasteiger partial charge on any atom is 0.334 e. The molecule has 1 rings (SSSR count). The van der Waals surface area contributed by atoms with Gasteiger partial charge in [0.25, 0.3) is 0 Å². The van der Waals surface area contributed by atoms with Gasteiger partial charge < -0.3 is 9.84 Å². The molecule has 1 aliphatic rings. The van der Waals surface area contributed by atoms with Crippen LogP contribution in [0.3, 0.4) is 0 Å². The highest BCUT2D eigenvalue weighted by atomic mass is 16.6. The van der Waals surface area contributed by atoms with Crippen LogP contribution in [0, 0.1) is 0 Å². The van der Waals surface area contributed by atoms with Crippen LogP contribution in [0.4, 0.5) is 0 Å². The topological polar surface area (TPSA) is 46.5 Å². The molecule has 1 heterocycles. The Bertz CT molecular complexity index is 160. The highest BCUT2D eigenvalue weighted by molar-refractivity contribution is 5.90. The van der Waals surface area contributed by atoms with Gasteiger partial charge in [-0.2, -0.15) is 0 Å². The molecule has 0 fully saturated rings. The third-order valence-corrected chi connectivity index (χ3v) is 1.20. The molecule has 0 aromatic heterocycles. The normalized spacial score (nSPS) is 25.8. The van der Waals surface area contributed by atoms with E-state index < -0.39 is 6.10 Å². The van der Waals surface area contributed by atoms with Crippen LogP contribution in [-0.2, 0) is 9.53 Å². The van der Waals surface area contributed by atoms with Crippen molar-refractivity contribution in [3.05, 3.63) is 11.6 Å². The van der Waals surface area contributed by atoms with Crippen LogP contribution in [0.25, 0.3) is 0 Å². The summed E-state index contributed by atoms with van der Waals surface area (Å²) in [5.41, 5.74) is 0.578. The standard InChI is InChI=1S/C6H8O3/c1-4-2-5(3-7)9-6(4)8/h2,5,7H,3H2,1H3/t5-/m1/s1. The Hall–Kier alpha value is -0.830. The zero-order chi connectivity index (χ0) is 6.85. The first-order valence-corrected chi connectivity index (χ1v) is 2.74. The minimum Gasteiger partial charge on any atom is -0.452 e. The third-order valence-electron chi connectivity index (χ3n) is 1.20. The molecule has 50 valence electrons. The number of hydrogen-bond donors (Lipinski definition) is 1. The number of carbonyl (C=O) groups is 1. The fraction of sp³-hybridized carbons (Fsp3) is 0.500. The predicted octanol–water partition coefficient (Wildman–Crippen LogP) is -0.150. The van der Waals surface area contributed by atoms with E-state index in [1.165, 1.54) is 0 Å². The van der Waals surface area contributed by atoms with E-state index in [2.05, 4.69) is 4.74 Å². The van der Waals surface area contributed by atoms with Crippen molar-refractivity contribution in [3.63, 3.8) is 0 Å². The molecule has 0 radical (unpaired) electrons. The van der Waals surface area contributed by atoms with Crippen molar-refractivity contribution in [2.75, 3.05) is 6.61 Å². The molecule has 0 amide bonds. The lowest BCUT2D eigenvalue weighted by Crippen LogP contribution is -2.11. The smallest absolute Gasteiger partial charge is 0.334 e. The highest BCUT2D eigenvalue weighted by Crippen LogP contribution is 2.11. The maximum absolute atomic E-state index is 10.5.